The van der Waals surface area contributed by atoms with Gasteiger partial charge >= 0.3 is 0 Å². The Bertz CT molecular complexity index is 1610. The molecule has 0 bridgehead atoms. The van der Waals surface area contributed by atoms with Gasteiger partial charge in [0.2, 0.25) is 10.0 Å². The van der Waals surface area contributed by atoms with Gasteiger partial charge in [-0.2, -0.15) is 0 Å². The van der Waals surface area contributed by atoms with E-state index in [4.69, 9.17) is 4.42 Å². The van der Waals surface area contributed by atoms with Crippen molar-refractivity contribution >= 4 is 48.1 Å². The third-order valence-electron chi connectivity index (χ3n) is 5.20. The maximum Gasteiger partial charge on any atom is 0.262 e. The quantitative estimate of drug-likeness (QED) is 0.369. The molecule has 3 N–H and O–H groups in total. The zero-order chi connectivity index (χ0) is 23.2. The van der Waals surface area contributed by atoms with Crippen LogP contribution in [0, 0.1) is 0 Å². The molecule has 3 aromatic carbocycles. The molecule has 0 radical (unpaired) electrons. The normalized spacial score (nSPS) is 13.3. The standard InChI is InChI=1S/C22H17N3O6S2/c26-22-18-8-2-7-17-20(10-9-19(24-22)21(17)18)33(29,30)25-14-4-1-6-16(12-14)32(27,28)23-13-15-5-3-11-31-15/h1-12,23,25H,13H2,(H,24,26). The Morgan fingerprint density at radius 2 is 1.70 bits per heavy atom. The van der Waals surface area contributed by atoms with E-state index in [2.05, 4.69) is 14.8 Å². The van der Waals surface area contributed by atoms with Crippen molar-refractivity contribution in [3.05, 3.63) is 84.3 Å². The van der Waals surface area contributed by atoms with Gasteiger partial charge in [-0.05, 0) is 48.5 Å². The molecular formula is C22H17N3O6S2. The maximum atomic E-state index is 13.2. The van der Waals surface area contributed by atoms with Gasteiger partial charge in [0.1, 0.15) is 5.76 Å². The molecule has 2 heterocycles. The number of sulfonamides is 2. The van der Waals surface area contributed by atoms with E-state index in [9.17, 15) is 21.6 Å². The average molecular weight is 484 g/mol. The number of rotatable bonds is 7. The van der Waals surface area contributed by atoms with Gasteiger partial charge in [-0.1, -0.05) is 18.2 Å². The van der Waals surface area contributed by atoms with Crippen LogP contribution in [0.15, 0.2) is 87.2 Å². The fourth-order valence-electron chi connectivity index (χ4n) is 3.70. The van der Waals surface area contributed by atoms with Crippen molar-refractivity contribution in [2.75, 3.05) is 10.0 Å². The molecule has 1 aliphatic heterocycles. The zero-order valence-corrected chi connectivity index (χ0v) is 18.5. The van der Waals surface area contributed by atoms with Gasteiger partial charge in [0, 0.05) is 22.0 Å². The molecule has 4 aromatic rings. The highest BCUT2D eigenvalue weighted by atomic mass is 32.2. The van der Waals surface area contributed by atoms with Crippen LogP contribution in [0.2, 0.25) is 0 Å². The second-order valence-electron chi connectivity index (χ2n) is 7.33. The smallest absolute Gasteiger partial charge is 0.262 e. The molecule has 1 aliphatic rings. The van der Waals surface area contributed by atoms with Gasteiger partial charge in [0.05, 0.1) is 28.3 Å². The highest BCUT2D eigenvalue weighted by Crippen LogP contribution is 2.37. The van der Waals surface area contributed by atoms with Gasteiger partial charge in [0.25, 0.3) is 15.9 Å². The molecule has 1 amide bonds. The van der Waals surface area contributed by atoms with Crippen molar-refractivity contribution in [2.24, 2.45) is 0 Å². The topological polar surface area (TPSA) is 135 Å². The summed E-state index contributed by atoms with van der Waals surface area (Å²) < 4.78 is 61.6. The van der Waals surface area contributed by atoms with Crippen LogP contribution in [0.25, 0.3) is 10.8 Å². The summed E-state index contributed by atoms with van der Waals surface area (Å²) >= 11 is 0. The third-order valence-corrected chi connectivity index (χ3v) is 8.03. The Balaban J connectivity index is 1.46. The molecule has 168 valence electrons. The first kappa shape index (κ1) is 21.2. The summed E-state index contributed by atoms with van der Waals surface area (Å²) in [4.78, 5) is 12.0. The molecule has 0 fully saturated rings. The predicted octanol–water partition coefficient (Wildman–Crippen LogP) is 3.28. The first-order valence-electron chi connectivity index (χ1n) is 9.77. The molecular weight excluding hydrogens is 466 g/mol. The lowest BCUT2D eigenvalue weighted by atomic mass is 10.1. The number of amides is 1. The highest BCUT2D eigenvalue weighted by Gasteiger charge is 2.26. The Morgan fingerprint density at radius 3 is 2.48 bits per heavy atom. The van der Waals surface area contributed by atoms with Crippen LogP contribution < -0.4 is 14.8 Å². The number of nitrogens with one attached hydrogen (secondary N) is 3. The third kappa shape index (κ3) is 3.86. The predicted molar refractivity (Wildman–Crippen MR) is 122 cm³/mol. The largest absolute Gasteiger partial charge is 0.468 e. The van der Waals surface area contributed by atoms with Crippen molar-refractivity contribution in [1.82, 2.24) is 4.72 Å². The molecule has 0 unspecified atom stereocenters. The second-order valence-corrected chi connectivity index (χ2v) is 10.7. The van der Waals surface area contributed by atoms with Gasteiger partial charge in [-0.25, -0.2) is 21.6 Å². The van der Waals surface area contributed by atoms with Crippen molar-refractivity contribution < 1.29 is 26.0 Å². The summed E-state index contributed by atoms with van der Waals surface area (Å²) in [5.41, 5.74) is 1.02. The van der Waals surface area contributed by atoms with E-state index >= 15 is 0 Å². The zero-order valence-electron chi connectivity index (χ0n) is 16.9. The molecule has 5 rings (SSSR count). The molecule has 1 aromatic heterocycles. The van der Waals surface area contributed by atoms with Crippen LogP contribution in [-0.2, 0) is 26.6 Å². The number of benzene rings is 3. The van der Waals surface area contributed by atoms with Gasteiger partial charge in [-0.15, -0.1) is 0 Å². The van der Waals surface area contributed by atoms with Crippen LogP contribution in [-0.4, -0.2) is 22.7 Å². The molecule has 0 spiro atoms. The Kier molecular flexibility index (Phi) is 4.96. The fraction of sp³-hybridized carbons (Fsp3) is 0.0455. The molecule has 0 saturated heterocycles. The summed E-state index contributed by atoms with van der Waals surface area (Å²) in [5.74, 6) is 0.147. The van der Waals surface area contributed by atoms with E-state index in [1.54, 1.807) is 30.3 Å². The van der Waals surface area contributed by atoms with E-state index in [0.717, 1.165) is 0 Å². The lowest BCUT2D eigenvalue weighted by Crippen LogP contribution is -2.23. The molecule has 0 aliphatic carbocycles. The van der Waals surface area contributed by atoms with Crippen molar-refractivity contribution in [1.29, 1.82) is 0 Å². The lowest BCUT2D eigenvalue weighted by Gasteiger charge is -2.12. The fourth-order valence-corrected chi connectivity index (χ4v) is 5.99. The van der Waals surface area contributed by atoms with E-state index < -0.39 is 20.0 Å². The lowest BCUT2D eigenvalue weighted by molar-refractivity contribution is 0.103. The molecule has 33 heavy (non-hydrogen) atoms. The van der Waals surface area contributed by atoms with Crippen LogP contribution in [0.5, 0.6) is 0 Å². The summed E-state index contributed by atoms with van der Waals surface area (Å²) in [6.45, 7) is -0.0429. The van der Waals surface area contributed by atoms with Gasteiger partial charge in [0.15, 0.2) is 0 Å². The molecule has 0 atom stereocenters. The van der Waals surface area contributed by atoms with E-state index in [1.807, 2.05) is 0 Å². The van der Waals surface area contributed by atoms with E-state index in [0.29, 0.717) is 27.8 Å². The highest BCUT2D eigenvalue weighted by molar-refractivity contribution is 7.93. The number of hydrogen-bond donors (Lipinski definition) is 3. The average Bonchev–Trinajstić information content (AvgIpc) is 3.42. The van der Waals surface area contributed by atoms with Crippen LogP contribution in [0.3, 0.4) is 0 Å². The molecule has 9 nitrogen and oxygen atoms in total. The summed E-state index contributed by atoms with van der Waals surface area (Å²) in [6.07, 6.45) is 1.44. The van der Waals surface area contributed by atoms with Crippen molar-refractivity contribution in [2.45, 2.75) is 16.3 Å². The van der Waals surface area contributed by atoms with Crippen molar-refractivity contribution in [3.8, 4) is 0 Å². The number of carbonyl (C=O) groups excluding carboxylic acids is 1. The number of hydrogen-bond acceptors (Lipinski definition) is 6. The summed E-state index contributed by atoms with van der Waals surface area (Å²) in [6, 6.07) is 16.6. The summed E-state index contributed by atoms with van der Waals surface area (Å²) in [5, 5.41) is 3.63. The van der Waals surface area contributed by atoms with Gasteiger partial charge < -0.3 is 9.73 Å². The van der Waals surface area contributed by atoms with Crippen LogP contribution in [0.4, 0.5) is 11.4 Å². The Morgan fingerprint density at radius 1 is 0.879 bits per heavy atom. The SMILES string of the molecule is O=C1Nc2ccc(S(=O)(=O)Nc3cccc(S(=O)(=O)NCc4ccco4)c3)c3cccc1c23. The first-order valence-corrected chi connectivity index (χ1v) is 12.7. The Hall–Kier alpha value is -3.67. The monoisotopic (exact) mass is 483 g/mol. The maximum absolute atomic E-state index is 13.2. The minimum absolute atomic E-state index is 0.0243. The first-order chi connectivity index (χ1) is 15.7. The Labute approximate surface area is 189 Å². The van der Waals surface area contributed by atoms with Crippen LogP contribution >= 0.6 is 0 Å². The number of carbonyl (C=O) groups is 1. The molecule has 11 heteroatoms. The minimum Gasteiger partial charge on any atom is -0.468 e. The molecule has 0 saturated carbocycles. The van der Waals surface area contributed by atoms with Crippen LogP contribution in [0.1, 0.15) is 16.1 Å². The number of anilines is 2. The number of furan rings is 1. The van der Waals surface area contributed by atoms with E-state index in [1.165, 1.54) is 42.7 Å². The minimum atomic E-state index is -4.09. The summed E-state index contributed by atoms with van der Waals surface area (Å²) in [7, 11) is -8.01. The van der Waals surface area contributed by atoms with Crippen molar-refractivity contribution in [3.63, 3.8) is 0 Å². The van der Waals surface area contributed by atoms with E-state index in [-0.39, 0.29) is 27.9 Å². The second kappa shape index (κ2) is 7.73. The van der Waals surface area contributed by atoms with Gasteiger partial charge in [-0.3, -0.25) is 9.52 Å².